The summed E-state index contributed by atoms with van der Waals surface area (Å²) in [5, 5.41) is 2.75. The number of aromatic nitrogens is 2. The molecule has 1 atom stereocenters. The molecule has 0 fully saturated rings. The quantitative estimate of drug-likeness (QED) is 0.489. The van der Waals surface area contributed by atoms with Gasteiger partial charge in [0.05, 0.1) is 24.2 Å². The van der Waals surface area contributed by atoms with E-state index in [9.17, 15) is 9.18 Å². The Labute approximate surface area is 167 Å². The molecular weight excluding hydrogens is 369 g/mol. The lowest BCUT2D eigenvalue weighted by molar-refractivity contribution is -0.110. The van der Waals surface area contributed by atoms with E-state index < -0.39 is 0 Å². The van der Waals surface area contributed by atoms with E-state index in [-0.39, 0.29) is 11.9 Å². The minimum absolute atomic E-state index is 0.0918. The van der Waals surface area contributed by atoms with E-state index in [0.717, 1.165) is 27.8 Å². The highest BCUT2D eigenvalue weighted by Crippen LogP contribution is 2.32. The van der Waals surface area contributed by atoms with E-state index in [1.807, 2.05) is 54.0 Å². The summed E-state index contributed by atoms with van der Waals surface area (Å²) in [5.41, 5.74) is 5.19. The van der Waals surface area contributed by atoms with Gasteiger partial charge in [0, 0.05) is 11.3 Å². The Morgan fingerprint density at radius 1 is 1.14 bits per heavy atom. The number of hydrogen-bond donors (Lipinski definition) is 1. The summed E-state index contributed by atoms with van der Waals surface area (Å²) in [6, 6.07) is 18.1. The summed E-state index contributed by atoms with van der Waals surface area (Å²) in [4.78, 5) is 15.2. The normalized spacial score (nSPS) is 12.0. The number of fused-ring (bicyclic) bond motifs is 1. The van der Waals surface area contributed by atoms with Crippen LogP contribution in [0.15, 0.2) is 67.0 Å². The maximum absolute atomic E-state index is 13.8. The van der Waals surface area contributed by atoms with E-state index in [1.165, 1.54) is 12.1 Å². The second-order valence-electron chi connectivity index (χ2n) is 6.76. The zero-order valence-corrected chi connectivity index (χ0v) is 16.1. The maximum Gasteiger partial charge on any atom is 0.207 e. The van der Waals surface area contributed by atoms with Crippen molar-refractivity contribution in [3.8, 4) is 22.6 Å². The van der Waals surface area contributed by atoms with Crippen molar-refractivity contribution in [2.75, 3.05) is 7.11 Å². The van der Waals surface area contributed by atoms with Gasteiger partial charge >= 0.3 is 0 Å². The number of halogens is 1. The lowest BCUT2D eigenvalue weighted by Gasteiger charge is -2.12. The Morgan fingerprint density at radius 2 is 2.00 bits per heavy atom. The lowest BCUT2D eigenvalue weighted by Crippen LogP contribution is -2.15. The smallest absolute Gasteiger partial charge is 0.207 e. The Kier molecular flexibility index (Phi) is 4.99. The number of nitrogens with one attached hydrogen (secondary N) is 1. The van der Waals surface area contributed by atoms with Gasteiger partial charge in [0.2, 0.25) is 6.41 Å². The highest BCUT2D eigenvalue weighted by atomic mass is 19.1. The fourth-order valence-electron chi connectivity index (χ4n) is 3.43. The zero-order chi connectivity index (χ0) is 20.4. The molecule has 0 aliphatic heterocycles. The third kappa shape index (κ3) is 3.57. The van der Waals surface area contributed by atoms with E-state index in [1.54, 1.807) is 19.5 Å². The van der Waals surface area contributed by atoms with Crippen LogP contribution in [-0.2, 0) is 4.79 Å². The highest BCUT2D eigenvalue weighted by Gasteiger charge is 2.12. The van der Waals surface area contributed by atoms with Crippen LogP contribution in [0.3, 0.4) is 0 Å². The average molecular weight is 389 g/mol. The van der Waals surface area contributed by atoms with Crippen LogP contribution in [0.2, 0.25) is 0 Å². The van der Waals surface area contributed by atoms with Gasteiger partial charge in [-0.1, -0.05) is 18.2 Å². The maximum atomic E-state index is 13.8. The fraction of sp³-hybridized carbons (Fsp3) is 0.130. The summed E-state index contributed by atoms with van der Waals surface area (Å²) in [7, 11) is 1.57. The molecule has 3 aromatic carbocycles. The van der Waals surface area contributed by atoms with Crippen LogP contribution >= 0.6 is 0 Å². The number of hydrogen-bond acceptors (Lipinski definition) is 3. The van der Waals surface area contributed by atoms with Gasteiger partial charge in [-0.2, -0.15) is 0 Å². The number of benzene rings is 3. The Morgan fingerprint density at radius 3 is 2.79 bits per heavy atom. The van der Waals surface area contributed by atoms with Gasteiger partial charge in [0.15, 0.2) is 0 Å². The number of ether oxygens (including phenoxy) is 1. The molecule has 0 saturated heterocycles. The molecule has 0 saturated carbocycles. The van der Waals surface area contributed by atoms with Crippen LogP contribution in [-0.4, -0.2) is 23.1 Å². The molecular formula is C23H20FN3O2. The SMILES string of the molecule is COc1ccc(F)cc1-c1cccc(-n2cnc3cc(C(C)NC=O)ccc32)c1. The summed E-state index contributed by atoms with van der Waals surface area (Å²) in [5.74, 6) is 0.296. The van der Waals surface area contributed by atoms with Crippen LogP contribution in [0.25, 0.3) is 27.8 Å². The first-order valence-electron chi connectivity index (χ1n) is 9.22. The number of carbonyl (C=O) groups is 1. The number of amides is 1. The fourth-order valence-corrected chi connectivity index (χ4v) is 3.43. The van der Waals surface area contributed by atoms with Crippen molar-refractivity contribution in [1.29, 1.82) is 0 Å². The molecule has 1 heterocycles. The number of imidazole rings is 1. The molecule has 0 aliphatic rings. The summed E-state index contributed by atoms with van der Waals surface area (Å²) in [6.45, 7) is 1.92. The van der Waals surface area contributed by atoms with Gasteiger partial charge in [-0.25, -0.2) is 9.37 Å². The number of methoxy groups -OCH3 is 1. The number of nitrogens with zero attached hydrogens (tertiary/aromatic N) is 2. The molecule has 0 spiro atoms. The Hall–Kier alpha value is -3.67. The molecule has 0 aliphatic carbocycles. The summed E-state index contributed by atoms with van der Waals surface area (Å²) >= 11 is 0. The van der Waals surface area contributed by atoms with Crippen LogP contribution in [0, 0.1) is 5.82 Å². The van der Waals surface area contributed by atoms with Crippen molar-refractivity contribution in [3.05, 3.63) is 78.4 Å². The van der Waals surface area contributed by atoms with Crippen molar-refractivity contribution in [1.82, 2.24) is 14.9 Å². The second-order valence-corrected chi connectivity index (χ2v) is 6.76. The topological polar surface area (TPSA) is 56.1 Å². The second kappa shape index (κ2) is 7.75. The molecule has 146 valence electrons. The largest absolute Gasteiger partial charge is 0.496 e. The summed E-state index contributed by atoms with van der Waals surface area (Å²) in [6.07, 6.45) is 2.45. The molecule has 29 heavy (non-hydrogen) atoms. The average Bonchev–Trinajstić information content (AvgIpc) is 3.17. The van der Waals surface area contributed by atoms with E-state index in [2.05, 4.69) is 10.3 Å². The third-order valence-electron chi connectivity index (χ3n) is 4.99. The molecule has 5 nitrogen and oxygen atoms in total. The zero-order valence-electron chi connectivity index (χ0n) is 16.1. The van der Waals surface area contributed by atoms with Crippen molar-refractivity contribution >= 4 is 17.4 Å². The molecule has 1 aromatic heterocycles. The minimum Gasteiger partial charge on any atom is -0.496 e. The van der Waals surface area contributed by atoms with Crippen LogP contribution in [0.4, 0.5) is 4.39 Å². The van der Waals surface area contributed by atoms with Gasteiger partial charge < -0.3 is 10.1 Å². The predicted octanol–water partition coefficient (Wildman–Crippen LogP) is 4.65. The van der Waals surface area contributed by atoms with E-state index in [4.69, 9.17) is 4.74 Å². The van der Waals surface area contributed by atoms with Gasteiger partial charge in [0.1, 0.15) is 17.9 Å². The van der Waals surface area contributed by atoms with Crippen molar-refractivity contribution in [2.24, 2.45) is 0 Å². The Balaban J connectivity index is 1.77. The van der Waals surface area contributed by atoms with Gasteiger partial charge in [-0.15, -0.1) is 0 Å². The van der Waals surface area contributed by atoms with Crippen LogP contribution in [0.5, 0.6) is 5.75 Å². The molecule has 1 N–H and O–H groups in total. The number of rotatable bonds is 6. The molecule has 1 amide bonds. The highest BCUT2D eigenvalue weighted by molar-refractivity contribution is 5.79. The monoisotopic (exact) mass is 389 g/mol. The minimum atomic E-state index is -0.315. The molecule has 0 bridgehead atoms. The van der Waals surface area contributed by atoms with E-state index in [0.29, 0.717) is 17.7 Å². The van der Waals surface area contributed by atoms with Crippen LogP contribution < -0.4 is 10.1 Å². The molecule has 6 heteroatoms. The van der Waals surface area contributed by atoms with E-state index >= 15 is 0 Å². The molecule has 4 rings (SSSR count). The van der Waals surface area contributed by atoms with Gasteiger partial charge in [0.25, 0.3) is 0 Å². The van der Waals surface area contributed by atoms with Gasteiger partial charge in [-0.05, 0) is 60.5 Å². The third-order valence-corrected chi connectivity index (χ3v) is 4.99. The molecule has 1 unspecified atom stereocenters. The van der Waals surface area contributed by atoms with Crippen LogP contribution in [0.1, 0.15) is 18.5 Å². The number of carbonyl (C=O) groups excluding carboxylic acids is 1. The summed E-state index contributed by atoms with van der Waals surface area (Å²) < 4.78 is 21.2. The first-order chi connectivity index (χ1) is 14.1. The van der Waals surface area contributed by atoms with Gasteiger partial charge in [-0.3, -0.25) is 9.36 Å². The lowest BCUT2D eigenvalue weighted by atomic mass is 10.0. The predicted molar refractivity (Wildman–Crippen MR) is 111 cm³/mol. The molecule has 0 radical (unpaired) electrons. The molecule has 4 aromatic rings. The standard InChI is InChI=1S/C23H20FN3O2/c1-15(26-14-28)16-6-8-22-21(11-16)25-13-27(22)19-5-3-4-17(10-19)20-12-18(24)7-9-23(20)29-2/h3-15H,1-2H3,(H,26,28). The first-order valence-corrected chi connectivity index (χ1v) is 9.22. The van der Waals surface area contributed by atoms with Crippen molar-refractivity contribution < 1.29 is 13.9 Å². The first kappa shape index (κ1) is 18.7. The van der Waals surface area contributed by atoms with Crippen molar-refractivity contribution in [2.45, 2.75) is 13.0 Å². The van der Waals surface area contributed by atoms with Crippen molar-refractivity contribution in [3.63, 3.8) is 0 Å². The Bertz CT molecular complexity index is 1190.